The molecule has 2 fully saturated rings. The molecule has 224 valence electrons. The summed E-state index contributed by atoms with van der Waals surface area (Å²) in [6.07, 6.45) is 17.2. The summed E-state index contributed by atoms with van der Waals surface area (Å²) in [6.45, 7) is 9.38. The van der Waals surface area contributed by atoms with Crippen molar-refractivity contribution in [2.75, 3.05) is 13.2 Å². The van der Waals surface area contributed by atoms with Gasteiger partial charge in [-0.2, -0.15) is 0 Å². The van der Waals surface area contributed by atoms with E-state index in [4.69, 9.17) is 9.47 Å². The first-order valence-electron chi connectivity index (χ1n) is 16.0. The molecule has 0 aromatic heterocycles. The van der Waals surface area contributed by atoms with Crippen molar-refractivity contribution in [1.29, 1.82) is 0 Å². The number of allylic oxidation sites excluding steroid dienone is 4. The van der Waals surface area contributed by atoms with Crippen molar-refractivity contribution < 1.29 is 28.7 Å². The summed E-state index contributed by atoms with van der Waals surface area (Å²) in [4.78, 5) is 51.9. The van der Waals surface area contributed by atoms with Crippen molar-refractivity contribution in [3.8, 4) is 0 Å². The molecule has 0 N–H and O–H groups in total. The van der Waals surface area contributed by atoms with Crippen molar-refractivity contribution in [2.24, 2.45) is 22.7 Å². The standard InChI is InChI=1S/C34H52O6/c1-5-7-9-11-21-39-31(37)25-13-17-33(3,18-14-25)27-23-30(36)28(24-29(27)35)34(4)19-15-26(16-20-34)32(38)40-22-12-10-8-6-2/h23-26H,5-22H2,1-4H3. The molecule has 2 saturated carbocycles. The lowest BCUT2D eigenvalue weighted by Gasteiger charge is -2.41. The van der Waals surface area contributed by atoms with Gasteiger partial charge in [0.05, 0.1) is 25.0 Å². The summed E-state index contributed by atoms with van der Waals surface area (Å²) in [5, 5.41) is 0. The van der Waals surface area contributed by atoms with Gasteiger partial charge in [0.2, 0.25) is 0 Å². The van der Waals surface area contributed by atoms with E-state index in [2.05, 4.69) is 27.7 Å². The van der Waals surface area contributed by atoms with Gasteiger partial charge in [-0.25, -0.2) is 0 Å². The fraction of sp³-hybridized carbons (Fsp3) is 0.765. The monoisotopic (exact) mass is 556 g/mol. The molecule has 6 nitrogen and oxygen atoms in total. The SMILES string of the molecule is CCCCCCOC(=O)C1CCC(C)(C2=CC(=O)C(C3(C)CCC(C(=O)OCCCCCC)CC3)=CC2=O)CC1. The van der Waals surface area contributed by atoms with Crippen molar-refractivity contribution >= 4 is 23.5 Å². The fourth-order valence-electron chi connectivity index (χ4n) is 6.66. The second-order valence-corrected chi connectivity index (χ2v) is 13.0. The highest BCUT2D eigenvalue weighted by atomic mass is 16.5. The third-order valence-electron chi connectivity index (χ3n) is 9.71. The fourth-order valence-corrected chi connectivity index (χ4v) is 6.66. The van der Waals surface area contributed by atoms with E-state index in [1.807, 2.05) is 0 Å². The molecule has 0 aromatic carbocycles. The molecule has 6 heteroatoms. The normalized spacial score (nSPS) is 29.0. The Hall–Kier alpha value is -2.24. The van der Waals surface area contributed by atoms with Crippen LogP contribution in [0.25, 0.3) is 0 Å². The number of rotatable bonds is 14. The summed E-state index contributed by atoms with van der Waals surface area (Å²) in [5.41, 5.74) is 0.339. The van der Waals surface area contributed by atoms with Gasteiger partial charge in [-0.1, -0.05) is 66.2 Å². The van der Waals surface area contributed by atoms with E-state index < -0.39 is 10.8 Å². The van der Waals surface area contributed by atoms with Gasteiger partial charge in [0.25, 0.3) is 0 Å². The largest absolute Gasteiger partial charge is 0.465 e. The summed E-state index contributed by atoms with van der Waals surface area (Å²) in [6, 6.07) is 0. The summed E-state index contributed by atoms with van der Waals surface area (Å²) in [7, 11) is 0. The molecule has 0 bridgehead atoms. The van der Waals surface area contributed by atoms with Crippen LogP contribution in [0.5, 0.6) is 0 Å². The number of hydrogen-bond donors (Lipinski definition) is 0. The van der Waals surface area contributed by atoms with Gasteiger partial charge in [0.1, 0.15) is 0 Å². The molecule has 3 aliphatic carbocycles. The first-order valence-corrected chi connectivity index (χ1v) is 16.0. The van der Waals surface area contributed by atoms with E-state index in [9.17, 15) is 19.2 Å². The molecule has 0 saturated heterocycles. The second kappa shape index (κ2) is 15.1. The highest BCUT2D eigenvalue weighted by Crippen LogP contribution is 2.49. The van der Waals surface area contributed by atoms with Crippen molar-refractivity contribution in [1.82, 2.24) is 0 Å². The van der Waals surface area contributed by atoms with Crippen LogP contribution < -0.4 is 0 Å². The van der Waals surface area contributed by atoms with Crippen LogP contribution in [0.15, 0.2) is 23.3 Å². The van der Waals surface area contributed by atoms with Crippen LogP contribution in [-0.2, 0) is 28.7 Å². The topological polar surface area (TPSA) is 86.7 Å². The lowest BCUT2D eigenvalue weighted by Crippen LogP contribution is -2.37. The number of unbranched alkanes of at least 4 members (excludes halogenated alkanes) is 6. The number of hydrogen-bond acceptors (Lipinski definition) is 6. The van der Waals surface area contributed by atoms with Crippen LogP contribution in [0, 0.1) is 22.7 Å². The van der Waals surface area contributed by atoms with E-state index in [1.165, 1.54) is 0 Å². The molecule has 3 rings (SSSR count). The average Bonchev–Trinajstić information content (AvgIpc) is 2.94. The Kier molecular flexibility index (Phi) is 12.2. The maximum Gasteiger partial charge on any atom is 0.308 e. The van der Waals surface area contributed by atoms with Gasteiger partial charge in [0, 0.05) is 11.1 Å². The molecular formula is C34H52O6. The number of ether oxygens (including phenoxy) is 2. The van der Waals surface area contributed by atoms with Gasteiger partial charge >= 0.3 is 11.9 Å². The minimum absolute atomic E-state index is 0.0797. The van der Waals surface area contributed by atoms with Crippen LogP contribution in [0.3, 0.4) is 0 Å². The van der Waals surface area contributed by atoms with Gasteiger partial charge < -0.3 is 9.47 Å². The third kappa shape index (κ3) is 8.39. The summed E-state index contributed by atoms with van der Waals surface area (Å²) < 4.78 is 11.0. The van der Waals surface area contributed by atoms with Crippen LogP contribution >= 0.6 is 0 Å². The summed E-state index contributed by atoms with van der Waals surface area (Å²) >= 11 is 0. The lowest BCUT2D eigenvalue weighted by molar-refractivity contribution is -0.151. The number of esters is 2. The van der Waals surface area contributed by atoms with Crippen LogP contribution in [0.1, 0.15) is 130 Å². The Bertz CT molecular complexity index is 879. The quantitative estimate of drug-likeness (QED) is 0.124. The summed E-state index contributed by atoms with van der Waals surface area (Å²) in [5.74, 6) is -0.656. The molecule has 0 spiro atoms. The molecule has 0 amide bonds. The minimum atomic E-state index is -0.411. The molecule has 0 aromatic rings. The maximum atomic E-state index is 13.4. The van der Waals surface area contributed by atoms with E-state index >= 15 is 0 Å². The Labute approximate surface area is 241 Å². The molecule has 3 aliphatic rings. The van der Waals surface area contributed by atoms with Crippen LogP contribution in [0.4, 0.5) is 0 Å². The number of ketones is 2. The second-order valence-electron chi connectivity index (χ2n) is 13.0. The molecule has 0 aliphatic heterocycles. The Morgan fingerprint density at radius 1 is 0.650 bits per heavy atom. The minimum Gasteiger partial charge on any atom is -0.465 e. The zero-order valence-electron chi connectivity index (χ0n) is 25.5. The highest BCUT2D eigenvalue weighted by Gasteiger charge is 2.44. The van der Waals surface area contributed by atoms with Crippen LogP contribution in [-0.4, -0.2) is 36.7 Å². The van der Waals surface area contributed by atoms with Crippen LogP contribution in [0.2, 0.25) is 0 Å². The maximum absolute atomic E-state index is 13.4. The first-order chi connectivity index (χ1) is 19.1. The first kappa shape index (κ1) is 32.3. The van der Waals surface area contributed by atoms with Gasteiger partial charge in [-0.15, -0.1) is 0 Å². The van der Waals surface area contributed by atoms with E-state index in [-0.39, 0.29) is 35.3 Å². The predicted octanol–water partition coefficient (Wildman–Crippen LogP) is 7.63. The van der Waals surface area contributed by atoms with Crippen molar-refractivity contribution in [3.63, 3.8) is 0 Å². The van der Waals surface area contributed by atoms with Gasteiger partial charge in [0.15, 0.2) is 11.6 Å². The molecule has 0 unspecified atom stereocenters. The third-order valence-corrected chi connectivity index (χ3v) is 9.71. The Morgan fingerprint density at radius 2 is 1.00 bits per heavy atom. The zero-order chi connectivity index (χ0) is 29.2. The van der Waals surface area contributed by atoms with Crippen molar-refractivity contribution in [3.05, 3.63) is 23.3 Å². The Balaban J connectivity index is 1.51. The van der Waals surface area contributed by atoms with E-state index in [1.54, 1.807) is 12.2 Å². The highest BCUT2D eigenvalue weighted by molar-refractivity contribution is 6.21. The van der Waals surface area contributed by atoms with E-state index in [0.717, 1.165) is 51.4 Å². The lowest BCUT2D eigenvalue weighted by atomic mass is 9.62. The van der Waals surface area contributed by atoms with Crippen molar-refractivity contribution in [2.45, 2.75) is 130 Å². The smallest absolute Gasteiger partial charge is 0.308 e. The average molecular weight is 557 g/mol. The Morgan fingerprint density at radius 3 is 1.32 bits per heavy atom. The zero-order valence-corrected chi connectivity index (χ0v) is 25.5. The molecule has 0 heterocycles. The molecule has 0 radical (unpaired) electrons. The van der Waals surface area contributed by atoms with Gasteiger partial charge in [-0.3, -0.25) is 19.2 Å². The number of carbonyl (C=O) groups is 4. The predicted molar refractivity (Wildman–Crippen MR) is 157 cm³/mol. The molecule has 40 heavy (non-hydrogen) atoms. The van der Waals surface area contributed by atoms with Gasteiger partial charge in [-0.05, 0) is 87.2 Å². The molecular weight excluding hydrogens is 504 g/mol. The van der Waals surface area contributed by atoms with E-state index in [0.29, 0.717) is 75.7 Å². The molecule has 0 atom stereocenters. The number of carbonyl (C=O) groups excluding carboxylic acids is 4.